The highest BCUT2D eigenvalue weighted by atomic mass is 16.5. The van der Waals surface area contributed by atoms with E-state index in [1.165, 1.54) is 12.7 Å². The van der Waals surface area contributed by atoms with Crippen LogP contribution in [0.25, 0.3) is 21.9 Å². The summed E-state index contributed by atoms with van der Waals surface area (Å²) in [4.78, 5) is 23.4. The number of H-pyrrole nitrogens is 1. The second-order valence-corrected chi connectivity index (χ2v) is 8.11. The van der Waals surface area contributed by atoms with Gasteiger partial charge in [-0.15, -0.1) is 0 Å². The number of aromatic amines is 1. The first-order valence-corrected chi connectivity index (χ1v) is 10.1. The molecule has 152 valence electrons. The smallest absolute Gasteiger partial charge is 0.326 e. The molecule has 0 atom stereocenters. The zero-order valence-electron chi connectivity index (χ0n) is 16.6. The zero-order valence-corrected chi connectivity index (χ0v) is 16.6. The fourth-order valence-corrected chi connectivity index (χ4v) is 4.59. The molecule has 3 aromatic heterocycles. The maximum Gasteiger partial charge on any atom is 0.326 e. The van der Waals surface area contributed by atoms with Crippen molar-refractivity contribution in [3.8, 4) is 11.8 Å². The van der Waals surface area contributed by atoms with Crippen LogP contribution in [0.4, 0.5) is 11.5 Å². The van der Waals surface area contributed by atoms with E-state index in [0.717, 1.165) is 59.6 Å². The summed E-state index contributed by atoms with van der Waals surface area (Å²) in [6, 6.07) is 6.51. The Labute approximate surface area is 172 Å². The molecule has 2 fully saturated rings. The number of para-hydroxylation sites is 1. The first-order valence-electron chi connectivity index (χ1n) is 10.1. The summed E-state index contributed by atoms with van der Waals surface area (Å²) in [5, 5.41) is 8.82. The molecule has 0 saturated carbocycles. The lowest BCUT2D eigenvalue weighted by atomic mass is 9.81. The predicted octanol–water partition coefficient (Wildman–Crippen LogP) is 2.53. The van der Waals surface area contributed by atoms with E-state index in [2.05, 4.69) is 53.7 Å². The Morgan fingerprint density at radius 1 is 1.17 bits per heavy atom. The molecule has 2 aliphatic rings. The Hall–Kier alpha value is -3.46. The highest BCUT2D eigenvalue weighted by molar-refractivity contribution is 6.14. The quantitative estimate of drug-likeness (QED) is 0.478. The van der Waals surface area contributed by atoms with Gasteiger partial charge in [0.15, 0.2) is 5.75 Å². The molecule has 1 spiro atoms. The van der Waals surface area contributed by atoms with Gasteiger partial charge in [-0.2, -0.15) is 9.97 Å². The number of aromatic nitrogens is 5. The van der Waals surface area contributed by atoms with Gasteiger partial charge < -0.3 is 25.3 Å². The summed E-state index contributed by atoms with van der Waals surface area (Å²) in [5.41, 5.74) is 3.16. The van der Waals surface area contributed by atoms with Crippen LogP contribution in [0.5, 0.6) is 11.8 Å². The molecule has 2 aliphatic heterocycles. The van der Waals surface area contributed by atoms with E-state index in [1.54, 1.807) is 12.4 Å². The van der Waals surface area contributed by atoms with Crippen LogP contribution in [0.1, 0.15) is 6.42 Å². The van der Waals surface area contributed by atoms with Gasteiger partial charge in [-0.05, 0) is 12.5 Å². The van der Waals surface area contributed by atoms with Crippen LogP contribution >= 0.6 is 0 Å². The second kappa shape index (κ2) is 6.53. The van der Waals surface area contributed by atoms with E-state index < -0.39 is 0 Å². The topological polar surface area (TPSA) is 104 Å². The number of ether oxygens (including phenoxy) is 1. The molecule has 0 amide bonds. The minimum absolute atomic E-state index is 0.289. The maximum absolute atomic E-state index is 5.91. The number of fused-ring (bicyclic) bond motifs is 3. The lowest BCUT2D eigenvalue weighted by Gasteiger charge is -2.39. The van der Waals surface area contributed by atoms with Crippen LogP contribution in [0.2, 0.25) is 0 Å². The summed E-state index contributed by atoms with van der Waals surface area (Å²) < 4.78 is 5.91. The molecule has 9 nitrogen and oxygen atoms in total. The van der Waals surface area contributed by atoms with E-state index in [9.17, 15) is 0 Å². The number of benzene rings is 1. The van der Waals surface area contributed by atoms with Crippen LogP contribution in [0.3, 0.4) is 0 Å². The number of nitrogens with zero attached hydrogens (tertiary/aromatic N) is 5. The molecule has 2 saturated heterocycles. The number of hydrogen-bond acceptors (Lipinski definition) is 8. The third kappa shape index (κ3) is 2.66. The first-order chi connectivity index (χ1) is 14.7. The van der Waals surface area contributed by atoms with Crippen LogP contribution in [-0.4, -0.2) is 58.1 Å². The van der Waals surface area contributed by atoms with Crippen LogP contribution in [0, 0.1) is 5.41 Å². The maximum atomic E-state index is 5.91. The van der Waals surface area contributed by atoms with Crippen molar-refractivity contribution in [1.82, 2.24) is 30.2 Å². The lowest BCUT2D eigenvalue weighted by Crippen LogP contribution is -2.54. The normalized spacial score (nSPS) is 17.6. The minimum atomic E-state index is 0.289. The molecule has 9 heteroatoms. The number of rotatable bonds is 4. The van der Waals surface area contributed by atoms with E-state index >= 15 is 0 Å². The monoisotopic (exact) mass is 402 g/mol. The van der Waals surface area contributed by atoms with Gasteiger partial charge in [-0.3, -0.25) is 0 Å². The van der Waals surface area contributed by atoms with Gasteiger partial charge in [0.05, 0.1) is 29.0 Å². The SMILES string of the molecule is CNc1cccc2c1[nH]c1nc(Oc3cncnc3)nc(N3CCC4(CNC4)C3)c12. The summed E-state index contributed by atoms with van der Waals surface area (Å²) in [5.74, 6) is 1.42. The minimum Gasteiger partial charge on any atom is -0.421 e. The largest absolute Gasteiger partial charge is 0.421 e. The van der Waals surface area contributed by atoms with Crippen molar-refractivity contribution in [2.24, 2.45) is 5.41 Å². The van der Waals surface area contributed by atoms with Crippen molar-refractivity contribution in [1.29, 1.82) is 0 Å². The molecular weight excluding hydrogens is 380 g/mol. The molecule has 4 aromatic rings. The molecule has 30 heavy (non-hydrogen) atoms. The molecule has 6 rings (SSSR count). The average Bonchev–Trinajstić information content (AvgIpc) is 3.36. The Balaban J connectivity index is 1.53. The molecular formula is C21H22N8O. The van der Waals surface area contributed by atoms with Gasteiger partial charge >= 0.3 is 6.01 Å². The van der Waals surface area contributed by atoms with E-state index in [1.807, 2.05) is 7.05 Å². The Morgan fingerprint density at radius 2 is 2.03 bits per heavy atom. The third-order valence-corrected chi connectivity index (χ3v) is 6.20. The van der Waals surface area contributed by atoms with Gasteiger partial charge in [0.25, 0.3) is 0 Å². The lowest BCUT2D eigenvalue weighted by molar-refractivity contribution is 0.199. The van der Waals surface area contributed by atoms with Gasteiger partial charge in [-0.1, -0.05) is 12.1 Å². The van der Waals surface area contributed by atoms with Crippen molar-refractivity contribution in [2.45, 2.75) is 6.42 Å². The Kier molecular flexibility index (Phi) is 3.79. The summed E-state index contributed by atoms with van der Waals surface area (Å²) >= 11 is 0. The summed E-state index contributed by atoms with van der Waals surface area (Å²) in [6.45, 7) is 4.10. The molecule has 0 bridgehead atoms. The van der Waals surface area contributed by atoms with Crippen molar-refractivity contribution >= 4 is 33.4 Å². The fourth-order valence-electron chi connectivity index (χ4n) is 4.59. The number of hydrogen-bond donors (Lipinski definition) is 3. The highest BCUT2D eigenvalue weighted by Crippen LogP contribution is 2.41. The van der Waals surface area contributed by atoms with E-state index in [4.69, 9.17) is 9.72 Å². The van der Waals surface area contributed by atoms with Gasteiger partial charge in [-0.25, -0.2) is 9.97 Å². The molecule has 5 heterocycles. The van der Waals surface area contributed by atoms with Crippen molar-refractivity contribution in [3.63, 3.8) is 0 Å². The Bertz CT molecular complexity index is 1230. The zero-order chi connectivity index (χ0) is 20.1. The summed E-state index contributed by atoms with van der Waals surface area (Å²) in [7, 11) is 1.92. The molecule has 1 aromatic carbocycles. The highest BCUT2D eigenvalue weighted by Gasteiger charge is 2.44. The standard InChI is InChI=1S/C21H22N8O/c1-22-15-4-2-3-14-16-18(26-17(14)15)27-20(30-13-7-23-12-24-8-13)28-19(16)29-6-5-21(11-29)9-25-10-21/h2-4,7-8,12,22,25H,5-6,9-11H2,1H3,(H,26,27,28). The second-order valence-electron chi connectivity index (χ2n) is 8.11. The van der Waals surface area contributed by atoms with Crippen molar-refractivity contribution < 1.29 is 4.74 Å². The Morgan fingerprint density at radius 3 is 2.77 bits per heavy atom. The molecule has 0 unspecified atom stereocenters. The van der Waals surface area contributed by atoms with Crippen LogP contribution in [-0.2, 0) is 0 Å². The van der Waals surface area contributed by atoms with Crippen LogP contribution < -0.4 is 20.3 Å². The molecule has 0 radical (unpaired) electrons. The average molecular weight is 402 g/mol. The van der Waals surface area contributed by atoms with Gasteiger partial charge in [0, 0.05) is 44.0 Å². The number of nitrogens with one attached hydrogen (secondary N) is 3. The molecule has 0 aliphatic carbocycles. The van der Waals surface area contributed by atoms with E-state index in [-0.39, 0.29) is 6.01 Å². The summed E-state index contributed by atoms with van der Waals surface area (Å²) in [6.07, 6.45) is 5.85. The first kappa shape index (κ1) is 17.4. The fraction of sp³-hybridized carbons (Fsp3) is 0.333. The van der Waals surface area contributed by atoms with Crippen LogP contribution in [0.15, 0.2) is 36.9 Å². The third-order valence-electron chi connectivity index (χ3n) is 6.20. The van der Waals surface area contributed by atoms with Gasteiger partial charge in [0.1, 0.15) is 17.8 Å². The van der Waals surface area contributed by atoms with Crippen molar-refractivity contribution in [2.75, 3.05) is 43.4 Å². The predicted molar refractivity (Wildman–Crippen MR) is 115 cm³/mol. The van der Waals surface area contributed by atoms with Gasteiger partial charge in [0.2, 0.25) is 0 Å². The number of anilines is 2. The molecule has 3 N–H and O–H groups in total. The van der Waals surface area contributed by atoms with E-state index in [0.29, 0.717) is 11.2 Å². The van der Waals surface area contributed by atoms with Crippen molar-refractivity contribution in [3.05, 3.63) is 36.9 Å².